The van der Waals surface area contributed by atoms with Gasteiger partial charge >= 0.3 is 0 Å². The SMILES string of the molecule is I.c1ccc(CN=C(NC2CC2)N2CCCC2)cc1. The molecule has 19 heavy (non-hydrogen) atoms. The first-order chi connectivity index (χ1) is 8.92. The number of benzene rings is 1. The van der Waals surface area contributed by atoms with E-state index >= 15 is 0 Å². The van der Waals surface area contributed by atoms with Gasteiger partial charge in [-0.05, 0) is 31.2 Å². The lowest BCUT2D eigenvalue weighted by atomic mass is 10.2. The molecule has 0 bridgehead atoms. The number of hydrogen-bond acceptors (Lipinski definition) is 1. The van der Waals surface area contributed by atoms with E-state index in [9.17, 15) is 0 Å². The highest BCUT2D eigenvalue weighted by Gasteiger charge is 2.25. The van der Waals surface area contributed by atoms with Crippen LogP contribution in [0.2, 0.25) is 0 Å². The summed E-state index contributed by atoms with van der Waals surface area (Å²) in [5.41, 5.74) is 1.28. The van der Waals surface area contributed by atoms with Crippen LogP contribution in [0.15, 0.2) is 35.3 Å². The first kappa shape index (κ1) is 14.6. The summed E-state index contributed by atoms with van der Waals surface area (Å²) in [7, 11) is 0. The summed E-state index contributed by atoms with van der Waals surface area (Å²) >= 11 is 0. The fourth-order valence-electron chi connectivity index (χ4n) is 2.33. The highest BCUT2D eigenvalue weighted by Crippen LogP contribution is 2.20. The van der Waals surface area contributed by atoms with E-state index < -0.39 is 0 Å². The van der Waals surface area contributed by atoms with Gasteiger partial charge in [-0.2, -0.15) is 0 Å². The van der Waals surface area contributed by atoms with E-state index in [1.54, 1.807) is 0 Å². The van der Waals surface area contributed by atoms with Gasteiger partial charge in [0.05, 0.1) is 6.54 Å². The van der Waals surface area contributed by atoms with Crippen LogP contribution < -0.4 is 5.32 Å². The van der Waals surface area contributed by atoms with Crippen molar-refractivity contribution in [3.05, 3.63) is 35.9 Å². The third-order valence-electron chi connectivity index (χ3n) is 3.57. The van der Waals surface area contributed by atoms with E-state index in [4.69, 9.17) is 4.99 Å². The Bertz CT molecular complexity index is 409. The molecule has 3 rings (SSSR count). The van der Waals surface area contributed by atoms with Gasteiger partial charge in [-0.15, -0.1) is 24.0 Å². The largest absolute Gasteiger partial charge is 0.353 e. The molecule has 2 fully saturated rings. The second-order valence-corrected chi connectivity index (χ2v) is 5.24. The zero-order valence-electron chi connectivity index (χ0n) is 11.2. The molecule has 1 saturated heterocycles. The molecule has 1 aromatic carbocycles. The quantitative estimate of drug-likeness (QED) is 0.503. The Morgan fingerprint density at radius 3 is 2.47 bits per heavy atom. The van der Waals surface area contributed by atoms with Crippen LogP contribution in [0.5, 0.6) is 0 Å². The predicted molar refractivity (Wildman–Crippen MR) is 90.0 cm³/mol. The Morgan fingerprint density at radius 1 is 1.16 bits per heavy atom. The van der Waals surface area contributed by atoms with Crippen molar-refractivity contribution in [1.82, 2.24) is 10.2 Å². The van der Waals surface area contributed by atoms with Gasteiger partial charge < -0.3 is 10.2 Å². The third-order valence-corrected chi connectivity index (χ3v) is 3.57. The van der Waals surface area contributed by atoms with E-state index in [2.05, 4.69) is 40.5 Å². The minimum Gasteiger partial charge on any atom is -0.353 e. The average molecular weight is 371 g/mol. The van der Waals surface area contributed by atoms with Crippen molar-refractivity contribution in [3.63, 3.8) is 0 Å². The molecule has 1 saturated carbocycles. The maximum atomic E-state index is 4.79. The number of rotatable bonds is 3. The van der Waals surface area contributed by atoms with Gasteiger partial charge in [0.25, 0.3) is 0 Å². The van der Waals surface area contributed by atoms with E-state index in [1.165, 1.54) is 31.2 Å². The number of aliphatic imine (C=N–C) groups is 1. The molecule has 1 aliphatic carbocycles. The van der Waals surface area contributed by atoms with Crippen molar-refractivity contribution in [2.45, 2.75) is 38.3 Å². The molecule has 0 amide bonds. The molecular weight excluding hydrogens is 349 g/mol. The first-order valence-electron chi connectivity index (χ1n) is 7.02. The molecule has 3 nitrogen and oxygen atoms in total. The summed E-state index contributed by atoms with van der Waals surface area (Å²) < 4.78 is 0. The molecular formula is C15H22IN3. The maximum absolute atomic E-state index is 4.79. The summed E-state index contributed by atoms with van der Waals surface area (Å²) in [4.78, 5) is 7.19. The van der Waals surface area contributed by atoms with Crippen LogP contribution in [-0.2, 0) is 6.54 Å². The van der Waals surface area contributed by atoms with E-state index in [1.807, 2.05) is 0 Å². The highest BCUT2D eigenvalue weighted by atomic mass is 127. The predicted octanol–water partition coefficient (Wildman–Crippen LogP) is 3.01. The molecule has 4 heteroatoms. The lowest BCUT2D eigenvalue weighted by Gasteiger charge is -2.21. The van der Waals surface area contributed by atoms with Gasteiger partial charge in [0.2, 0.25) is 0 Å². The number of halogens is 1. The second kappa shape index (κ2) is 7.12. The zero-order chi connectivity index (χ0) is 12.2. The van der Waals surface area contributed by atoms with Gasteiger partial charge in [-0.3, -0.25) is 0 Å². The summed E-state index contributed by atoms with van der Waals surface area (Å²) in [6, 6.07) is 11.2. The van der Waals surface area contributed by atoms with Crippen LogP contribution in [0, 0.1) is 0 Å². The molecule has 1 aromatic rings. The smallest absolute Gasteiger partial charge is 0.194 e. The van der Waals surface area contributed by atoms with Gasteiger partial charge in [0, 0.05) is 19.1 Å². The topological polar surface area (TPSA) is 27.6 Å². The number of hydrogen-bond donors (Lipinski definition) is 1. The van der Waals surface area contributed by atoms with Crippen LogP contribution in [0.3, 0.4) is 0 Å². The van der Waals surface area contributed by atoms with Crippen LogP contribution in [0.4, 0.5) is 0 Å². The van der Waals surface area contributed by atoms with Crippen molar-refractivity contribution in [1.29, 1.82) is 0 Å². The lowest BCUT2D eigenvalue weighted by molar-refractivity contribution is 0.490. The minimum atomic E-state index is 0. The Labute approximate surface area is 132 Å². The summed E-state index contributed by atoms with van der Waals surface area (Å²) in [5.74, 6) is 1.12. The van der Waals surface area contributed by atoms with Crippen LogP contribution in [0.1, 0.15) is 31.2 Å². The second-order valence-electron chi connectivity index (χ2n) is 5.24. The minimum absolute atomic E-state index is 0. The summed E-state index contributed by atoms with van der Waals surface area (Å²) in [6.45, 7) is 3.10. The molecule has 0 spiro atoms. The number of guanidine groups is 1. The molecule has 0 aromatic heterocycles. The Kier molecular flexibility index (Phi) is 5.48. The third kappa shape index (κ3) is 4.37. The van der Waals surface area contributed by atoms with Gasteiger partial charge in [-0.1, -0.05) is 30.3 Å². The summed E-state index contributed by atoms with van der Waals surface area (Å²) in [6.07, 6.45) is 5.21. The Hall–Kier alpha value is -0.780. The van der Waals surface area contributed by atoms with Crippen LogP contribution in [0.25, 0.3) is 0 Å². The lowest BCUT2D eigenvalue weighted by Crippen LogP contribution is -2.40. The Balaban J connectivity index is 0.00000133. The molecule has 104 valence electrons. The highest BCUT2D eigenvalue weighted by molar-refractivity contribution is 14.0. The van der Waals surface area contributed by atoms with E-state index in [0.29, 0.717) is 6.04 Å². The van der Waals surface area contributed by atoms with Crippen LogP contribution in [-0.4, -0.2) is 30.0 Å². The number of nitrogens with one attached hydrogen (secondary N) is 1. The number of likely N-dealkylation sites (tertiary alicyclic amines) is 1. The van der Waals surface area contributed by atoms with Crippen molar-refractivity contribution in [3.8, 4) is 0 Å². The van der Waals surface area contributed by atoms with Crippen molar-refractivity contribution < 1.29 is 0 Å². The molecule has 0 atom stereocenters. The van der Waals surface area contributed by atoms with Crippen molar-refractivity contribution in [2.24, 2.45) is 4.99 Å². The normalized spacial score (nSPS) is 19.2. The zero-order valence-corrected chi connectivity index (χ0v) is 13.5. The fraction of sp³-hybridized carbons (Fsp3) is 0.533. The number of nitrogens with zero attached hydrogens (tertiary/aromatic N) is 2. The first-order valence-corrected chi connectivity index (χ1v) is 7.02. The van der Waals surface area contributed by atoms with Gasteiger partial charge in [0.1, 0.15) is 0 Å². The fourth-order valence-corrected chi connectivity index (χ4v) is 2.33. The van der Waals surface area contributed by atoms with Gasteiger partial charge in [0.15, 0.2) is 5.96 Å². The van der Waals surface area contributed by atoms with Gasteiger partial charge in [-0.25, -0.2) is 4.99 Å². The molecule has 1 heterocycles. The van der Waals surface area contributed by atoms with E-state index in [-0.39, 0.29) is 24.0 Å². The molecule has 0 radical (unpaired) electrons. The van der Waals surface area contributed by atoms with Crippen molar-refractivity contribution in [2.75, 3.05) is 13.1 Å². The van der Waals surface area contributed by atoms with Crippen LogP contribution >= 0.6 is 24.0 Å². The summed E-state index contributed by atoms with van der Waals surface area (Å²) in [5, 5.41) is 3.58. The monoisotopic (exact) mass is 371 g/mol. The molecule has 0 unspecified atom stereocenters. The Morgan fingerprint density at radius 2 is 1.84 bits per heavy atom. The molecule has 1 aliphatic heterocycles. The standard InChI is InChI=1S/C15H21N3.HI/c1-2-6-13(7-3-1)12-16-15(17-14-8-9-14)18-10-4-5-11-18;/h1-3,6-7,14H,4-5,8-12H2,(H,16,17);1H. The van der Waals surface area contributed by atoms with Crippen molar-refractivity contribution >= 4 is 29.9 Å². The molecule has 1 N–H and O–H groups in total. The van der Waals surface area contributed by atoms with E-state index in [0.717, 1.165) is 25.6 Å². The maximum Gasteiger partial charge on any atom is 0.194 e. The average Bonchev–Trinajstić information content (AvgIpc) is 3.06. The molecule has 2 aliphatic rings.